The fourth-order valence-corrected chi connectivity index (χ4v) is 1.94. The summed E-state index contributed by atoms with van der Waals surface area (Å²) in [6.07, 6.45) is 1.32. The van der Waals surface area contributed by atoms with Gasteiger partial charge in [-0.15, -0.1) is 0 Å². The highest BCUT2D eigenvalue weighted by Gasteiger charge is 2.07. The van der Waals surface area contributed by atoms with Crippen LogP contribution < -0.4 is 10.9 Å². The molecule has 0 radical (unpaired) electrons. The van der Waals surface area contributed by atoms with Gasteiger partial charge in [-0.2, -0.15) is 5.26 Å². The van der Waals surface area contributed by atoms with E-state index < -0.39 is 5.91 Å². The first kappa shape index (κ1) is 13.2. The predicted octanol–water partition coefficient (Wildman–Crippen LogP) is 0.799. The van der Waals surface area contributed by atoms with Crippen molar-refractivity contribution < 1.29 is 4.79 Å². The fraction of sp³-hybridized carbons (Fsp3) is 0.167. The average molecular weight is 321 g/mol. The number of rotatable bonds is 3. The summed E-state index contributed by atoms with van der Waals surface area (Å²) >= 11 is 3.30. The van der Waals surface area contributed by atoms with Crippen LogP contribution in [0.5, 0.6) is 0 Å². The van der Waals surface area contributed by atoms with Crippen LogP contribution in [0.3, 0.4) is 0 Å². The standard InChI is InChI=1S/C12H9BrN4O2/c13-8-1-2-9-10(5-8)16-7-17(12(9)19)6-11(18)15-4-3-14/h1-2,5,7H,4,6H2,(H,15,18). The highest BCUT2D eigenvalue weighted by molar-refractivity contribution is 9.10. The number of carbonyl (C=O) groups excluding carboxylic acids is 1. The van der Waals surface area contributed by atoms with Crippen molar-refractivity contribution in [3.63, 3.8) is 0 Å². The molecule has 2 rings (SSSR count). The second kappa shape index (κ2) is 5.63. The number of aromatic nitrogens is 2. The van der Waals surface area contributed by atoms with E-state index in [-0.39, 0.29) is 18.6 Å². The third-order valence-corrected chi connectivity index (χ3v) is 2.96. The zero-order chi connectivity index (χ0) is 13.8. The number of halogens is 1. The summed E-state index contributed by atoms with van der Waals surface area (Å²) in [5, 5.41) is 11.2. The molecular formula is C12H9BrN4O2. The number of nitrogens with zero attached hydrogens (tertiary/aromatic N) is 3. The lowest BCUT2D eigenvalue weighted by Crippen LogP contribution is -2.32. The van der Waals surface area contributed by atoms with Gasteiger partial charge in [0.05, 0.1) is 23.3 Å². The molecule has 0 fully saturated rings. The van der Waals surface area contributed by atoms with Crippen LogP contribution in [-0.4, -0.2) is 22.0 Å². The van der Waals surface area contributed by atoms with Gasteiger partial charge >= 0.3 is 0 Å². The largest absolute Gasteiger partial charge is 0.341 e. The minimum absolute atomic E-state index is 0.0818. The number of benzene rings is 1. The lowest BCUT2D eigenvalue weighted by atomic mass is 10.2. The van der Waals surface area contributed by atoms with Crippen LogP contribution in [0.25, 0.3) is 10.9 Å². The highest BCUT2D eigenvalue weighted by atomic mass is 79.9. The van der Waals surface area contributed by atoms with Crippen molar-refractivity contribution in [1.29, 1.82) is 5.26 Å². The molecule has 0 saturated carbocycles. The second-order valence-electron chi connectivity index (χ2n) is 3.77. The molecule has 0 aliphatic carbocycles. The monoisotopic (exact) mass is 320 g/mol. The minimum atomic E-state index is -0.401. The summed E-state index contributed by atoms with van der Waals surface area (Å²) in [7, 11) is 0. The topological polar surface area (TPSA) is 87.8 Å². The molecule has 0 unspecified atom stereocenters. The van der Waals surface area contributed by atoms with Crippen LogP contribution in [-0.2, 0) is 11.3 Å². The SMILES string of the molecule is N#CCNC(=O)Cn1cnc2cc(Br)ccc2c1=O. The predicted molar refractivity (Wildman–Crippen MR) is 72.3 cm³/mol. The molecular weight excluding hydrogens is 312 g/mol. The van der Waals surface area contributed by atoms with E-state index in [1.807, 2.05) is 0 Å². The molecule has 0 spiro atoms. The summed E-state index contributed by atoms with van der Waals surface area (Å²) in [6, 6.07) is 6.92. The van der Waals surface area contributed by atoms with Gasteiger partial charge in [0.25, 0.3) is 5.56 Å². The van der Waals surface area contributed by atoms with Crippen molar-refractivity contribution in [2.75, 3.05) is 6.54 Å². The van der Waals surface area contributed by atoms with Gasteiger partial charge in [0.1, 0.15) is 13.1 Å². The Balaban J connectivity index is 2.33. The number of amides is 1. The Morgan fingerprint density at radius 2 is 2.32 bits per heavy atom. The normalized spacial score (nSPS) is 10.1. The van der Waals surface area contributed by atoms with Gasteiger partial charge in [-0.05, 0) is 18.2 Å². The number of hydrogen-bond acceptors (Lipinski definition) is 4. The Morgan fingerprint density at radius 1 is 1.53 bits per heavy atom. The first-order valence-electron chi connectivity index (χ1n) is 5.40. The first-order chi connectivity index (χ1) is 9.11. The molecule has 0 atom stereocenters. The van der Waals surface area contributed by atoms with Crippen molar-refractivity contribution in [3.05, 3.63) is 39.4 Å². The van der Waals surface area contributed by atoms with Crippen molar-refractivity contribution in [2.24, 2.45) is 0 Å². The number of carbonyl (C=O) groups is 1. The molecule has 1 amide bonds. The highest BCUT2D eigenvalue weighted by Crippen LogP contribution is 2.14. The van der Waals surface area contributed by atoms with E-state index in [4.69, 9.17) is 5.26 Å². The van der Waals surface area contributed by atoms with E-state index in [1.54, 1.807) is 24.3 Å². The van der Waals surface area contributed by atoms with Gasteiger partial charge in [0.2, 0.25) is 5.91 Å². The molecule has 1 aromatic heterocycles. The summed E-state index contributed by atoms with van der Waals surface area (Å²) in [5.41, 5.74) is 0.276. The molecule has 0 aliphatic heterocycles. The lowest BCUT2D eigenvalue weighted by Gasteiger charge is -2.06. The maximum absolute atomic E-state index is 12.1. The summed E-state index contributed by atoms with van der Waals surface area (Å²) in [5.74, 6) is -0.401. The Kier molecular flexibility index (Phi) is 3.92. The Morgan fingerprint density at radius 3 is 3.05 bits per heavy atom. The second-order valence-corrected chi connectivity index (χ2v) is 4.69. The van der Waals surface area contributed by atoms with E-state index in [1.165, 1.54) is 10.9 Å². The maximum atomic E-state index is 12.1. The Hall–Kier alpha value is -2.20. The van der Waals surface area contributed by atoms with Crippen molar-refractivity contribution >= 4 is 32.7 Å². The Labute approximate surface area is 116 Å². The summed E-state index contributed by atoms with van der Waals surface area (Å²) in [6.45, 7) is -0.235. The third-order valence-electron chi connectivity index (χ3n) is 2.47. The average Bonchev–Trinajstić information content (AvgIpc) is 2.39. The molecule has 0 bridgehead atoms. The van der Waals surface area contributed by atoms with Gasteiger partial charge in [-0.3, -0.25) is 14.2 Å². The van der Waals surface area contributed by atoms with E-state index >= 15 is 0 Å². The van der Waals surface area contributed by atoms with E-state index in [0.717, 1.165) is 4.47 Å². The van der Waals surface area contributed by atoms with E-state index in [9.17, 15) is 9.59 Å². The maximum Gasteiger partial charge on any atom is 0.261 e. The Bertz CT molecular complexity index is 733. The van der Waals surface area contributed by atoms with Gasteiger partial charge in [0.15, 0.2) is 0 Å². The number of nitrogens with one attached hydrogen (secondary N) is 1. The summed E-state index contributed by atoms with van der Waals surface area (Å²) < 4.78 is 2.04. The minimum Gasteiger partial charge on any atom is -0.341 e. The quantitative estimate of drug-likeness (QED) is 0.847. The zero-order valence-corrected chi connectivity index (χ0v) is 11.3. The summed E-state index contributed by atoms with van der Waals surface area (Å²) in [4.78, 5) is 27.7. The number of nitriles is 1. The third kappa shape index (κ3) is 2.98. The van der Waals surface area contributed by atoms with Crippen LogP contribution in [0.2, 0.25) is 0 Å². The lowest BCUT2D eigenvalue weighted by molar-refractivity contribution is -0.121. The van der Waals surface area contributed by atoms with Crippen molar-refractivity contribution in [2.45, 2.75) is 6.54 Å². The van der Waals surface area contributed by atoms with Gasteiger partial charge in [0, 0.05) is 4.47 Å². The molecule has 19 heavy (non-hydrogen) atoms. The molecule has 0 aliphatic rings. The molecule has 96 valence electrons. The van der Waals surface area contributed by atoms with Crippen LogP contribution in [0.15, 0.2) is 33.8 Å². The molecule has 0 saturated heterocycles. The molecule has 1 heterocycles. The molecule has 2 aromatic rings. The number of fused-ring (bicyclic) bond motifs is 1. The fourth-order valence-electron chi connectivity index (χ4n) is 1.59. The first-order valence-corrected chi connectivity index (χ1v) is 6.19. The van der Waals surface area contributed by atoms with E-state index in [2.05, 4.69) is 26.2 Å². The van der Waals surface area contributed by atoms with Gasteiger partial charge in [-0.1, -0.05) is 15.9 Å². The van der Waals surface area contributed by atoms with E-state index in [0.29, 0.717) is 10.9 Å². The van der Waals surface area contributed by atoms with Crippen LogP contribution in [0.1, 0.15) is 0 Å². The number of hydrogen-bond donors (Lipinski definition) is 1. The molecule has 1 N–H and O–H groups in total. The van der Waals surface area contributed by atoms with Crippen LogP contribution in [0.4, 0.5) is 0 Å². The van der Waals surface area contributed by atoms with Gasteiger partial charge < -0.3 is 5.32 Å². The molecule has 1 aromatic carbocycles. The van der Waals surface area contributed by atoms with Gasteiger partial charge in [-0.25, -0.2) is 4.98 Å². The van der Waals surface area contributed by atoms with Crippen molar-refractivity contribution in [3.8, 4) is 6.07 Å². The van der Waals surface area contributed by atoms with Crippen LogP contribution in [0, 0.1) is 11.3 Å². The van der Waals surface area contributed by atoms with Crippen LogP contribution >= 0.6 is 15.9 Å². The van der Waals surface area contributed by atoms with Crippen molar-refractivity contribution in [1.82, 2.24) is 14.9 Å². The smallest absolute Gasteiger partial charge is 0.261 e. The zero-order valence-electron chi connectivity index (χ0n) is 9.76. The molecule has 7 heteroatoms. The molecule has 6 nitrogen and oxygen atoms in total.